The third-order valence-electron chi connectivity index (χ3n) is 3.38. The van der Waals surface area contributed by atoms with Gasteiger partial charge in [0.25, 0.3) is 0 Å². The van der Waals surface area contributed by atoms with Gasteiger partial charge in [-0.05, 0) is 19.3 Å². The minimum absolute atomic E-state index is 0.0603. The fourth-order valence-corrected chi connectivity index (χ4v) is 2.48. The third-order valence-corrected chi connectivity index (χ3v) is 3.38. The molecule has 1 aliphatic heterocycles. The summed E-state index contributed by atoms with van der Waals surface area (Å²) in [6.45, 7) is 1.27. The second-order valence-corrected chi connectivity index (χ2v) is 4.65. The van der Waals surface area contributed by atoms with Gasteiger partial charge in [-0.2, -0.15) is 0 Å². The molecule has 1 aliphatic carbocycles. The number of methoxy groups -OCH3 is 1. The number of carbonyl (C=O) groups is 2. The van der Waals surface area contributed by atoms with E-state index in [4.69, 9.17) is 9.47 Å². The quantitative estimate of drug-likeness (QED) is 0.569. The fourth-order valence-electron chi connectivity index (χ4n) is 2.48. The van der Waals surface area contributed by atoms with Crippen LogP contribution in [0.3, 0.4) is 0 Å². The van der Waals surface area contributed by atoms with Gasteiger partial charge >= 0.3 is 5.97 Å². The summed E-state index contributed by atoms with van der Waals surface area (Å²) in [6.07, 6.45) is 2.49. The molecule has 18 heavy (non-hydrogen) atoms. The van der Waals surface area contributed by atoms with Crippen molar-refractivity contribution in [1.82, 2.24) is 5.32 Å². The average molecular weight is 257 g/mol. The van der Waals surface area contributed by atoms with Crippen molar-refractivity contribution in [3.8, 4) is 0 Å². The van der Waals surface area contributed by atoms with E-state index in [0.717, 1.165) is 19.3 Å². The van der Waals surface area contributed by atoms with Crippen molar-refractivity contribution < 1.29 is 23.8 Å². The molecule has 6 heteroatoms. The van der Waals surface area contributed by atoms with Crippen LogP contribution in [0.2, 0.25) is 0 Å². The maximum absolute atomic E-state index is 11.6. The monoisotopic (exact) mass is 257 g/mol. The number of ether oxygens (including phenoxy) is 3. The summed E-state index contributed by atoms with van der Waals surface area (Å²) < 4.78 is 15.7. The molecule has 6 nitrogen and oxygen atoms in total. The van der Waals surface area contributed by atoms with Crippen molar-refractivity contribution in [2.24, 2.45) is 0 Å². The molecule has 0 aromatic carbocycles. The van der Waals surface area contributed by atoms with Crippen molar-refractivity contribution in [2.45, 2.75) is 43.9 Å². The number of amides is 1. The first-order chi connectivity index (χ1) is 8.69. The Morgan fingerprint density at radius 1 is 1.22 bits per heavy atom. The van der Waals surface area contributed by atoms with Crippen molar-refractivity contribution in [2.75, 3.05) is 20.3 Å². The molecule has 1 heterocycles. The van der Waals surface area contributed by atoms with E-state index < -0.39 is 5.97 Å². The van der Waals surface area contributed by atoms with E-state index in [1.54, 1.807) is 0 Å². The van der Waals surface area contributed by atoms with Crippen LogP contribution in [0, 0.1) is 0 Å². The van der Waals surface area contributed by atoms with Gasteiger partial charge in [0.05, 0.1) is 32.5 Å². The van der Waals surface area contributed by atoms with Crippen LogP contribution >= 0.6 is 0 Å². The van der Waals surface area contributed by atoms with Crippen LogP contribution in [0.25, 0.3) is 0 Å². The number of carbonyl (C=O) groups excluding carboxylic acids is 2. The van der Waals surface area contributed by atoms with E-state index in [0.29, 0.717) is 13.2 Å². The zero-order chi connectivity index (χ0) is 13.0. The lowest BCUT2D eigenvalue weighted by Crippen LogP contribution is -2.49. The van der Waals surface area contributed by atoms with Crippen LogP contribution in [-0.4, -0.2) is 50.4 Å². The van der Waals surface area contributed by atoms with E-state index in [2.05, 4.69) is 10.1 Å². The van der Waals surface area contributed by atoms with E-state index >= 15 is 0 Å². The molecular weight excluding hydrogens is 238 g/mol. The SMILES string of the molecule is COC(=O)CC(=O)NC1CCC2OCCOC2C1. The molecule has 0 aromatic heterocycles. The van der Waals surface area contributed by atoms with Gasteiger partial charge in [-0.3, -0.25) is 9.59 Å². The molecule has 3 unspecified atom stereocenters. The van der Waals surface area contributed by atoms with Gasteiger partial charge in [0.15, 0.2) is 0 Å². The molecule has 1 amide bonds. The van der Waals surface area contributed by atoms with E-state index in [1.165, 1.54) is 7.11 Å². The Balaban J connectivity index is 1.77. The second kappa shape index (κ2) is 6.15. The Bertz CT molecular complexity index is 320. The van der Waals surface area contributed by atoms with Crippen molar-refractivity contribution in [1.29, 1.82) is 0 Å². The molecule has 0 spiro atoms. The molecule has 1 saturated heterocycles. The summed E-state index contributed by atoms with van der Waals surface area (Å²) >= 11 is 0. The van der Waals surface area contributed by atoms with E-state index in [9.17, 15) is 9.59 Å². The van der Waals surface area contributed by atoms with Crippen molar-refractivity contribution in [3.05, 3.63) is 0 Å². The molecule has 102 valence electrons. The first-order valence-electron chi connectivity index (χ1n) is 6.28. The molecule has 0 bridgehead atoms. The van der Waals surface area contributed by atoms with E-state index in [-0.39, 0.29) is 30.6 Å². The van der Waals surface area contributed by atoms with Crippen LogP contribution in [0.1, 0.15) is 25.7 Å². The normalized spacial score (nSPS) is 31.3. The van der Waals surface area contributed by atoms with Crippen molar-refractivity contribution in [3.63, 3.8) is 0 Å². The van der Waals surface area contributed by atoms with Gasteiger partial charge < -0.3 is 19.5 Å². The zero-order valence-electron chi connectivity index (χ0n) is 10.5. The highest BCUT2D eigenvalue weighted by molar-refractivity contribution is 5.94. The highest BCUT2D eigenvalue weighted by Crippen LogP contribution is 2.26. The molecular formula is C12H19NO5. The summed E-state index contributed by atoms with van der Waals surface area (Å²) in [4.78, 5) is 22.5. The second-order valence-electron chi connectivity index (χ2n) is 4.65. The Kier molecular flexibility index (Phi) is 4.54. The molecule has 2 aliphatic rings. The first-order valence-corrected chi connectivity index (χ1v) is 6.28. The molecule has 0 radical (unpaired) electrons. The van der Waals surface area contributed by atoms with Gasteiger partial charge in [-0.15, -0.1) is 0 Å². The van der Waals surface area contributed by atoms with Crippen LogP contribution in [0.4, 0.5) is 0 Å². The Morgan fingerprint density at radius 3 is 2.67 bits per heavy atom. The number of nitrogens with one attached hydrogen (secondary N) is 1. The van der Waals surface area contributed by atoms with E-state index in [1.807, 2.05) is 0 Å². The summed E-state index contributed by atoms with van der Waals surface area (Å²) in [5, 5.41) is 2.84. The highest BCUT2D eigenvalue weighted by atomic mass is 16.6. The van der Waals surface area contributed by atoms with Crippen molar-refractivity contribution >= 4 is 11.9 Å². The lowest BCUT2D eigenvalue weighted by molar-refractivity contribution is -0.159. The molecule has 1 saturated carbocycles. The van der Waals surface area contributed by atoms with Gasteiger partial charge in [-0.1, -0.05) is 0 Å². The van der Waals surface area contributed by atoms with Gasteiger partial charge in [0.2, 0.25) is 5.91 Å². The lowest BCUT2D eigenvalue weighted by atomic mass is 9.89. The van der Waals surface area contributed by atoms with Gasteiger partial charge in [-0.25, -0.2) is 0 Å². The summed E-state index contributed by atoms with van der Waals surface area (Å²) in [5.41, 5.74) is 0. The zero-order valence-corrected chi connectivity index (χ0v) is 10.5. The fraction of sp³-hybridized carbons (Fsp3) is 0.833. The molecule has 1 N–H and O–H groups in total. The lowest BCUT2D eigenvalue weighted by Gasteiger charge is -2.39. The third kappa shape index (κ3) is 3.43. The first kappa shape index (κ1) is 13.3. The largest absolute Gasteiger partial charge is 0.469 e. The maximum atomic E-state index is 11.6. The molecule has 3 atom stereocenters. The summed E-state index contributed by atoms with van der Waals surface area (Å²) in [6, 6.07) is 0.0603. The smallest absolute Gasteiger partial charge is 0.315 e. The predicted molar refractivity (Wildman–Crippen MR) is 61.9 cm³/mol. The molecule has 2 rings (SSSR count). The van der Waals surface area contributed by atoms with Gasteiger partial charge in [0, 0.05) is 6.04 Å². The standard InChI is InChI=1S/C12H19NO5/c1-16-12(15)7-11(14)13-8-2-3-9-10(6-8)18-5-4-17-9/h8-10H,2-7H2,1H3,(H,13,14). The van der Waals surface area contributed by atoms with Gasteiger partial charge in [0.1, 0.15) is 6.42 Å². The minimum Gasteiger partial charge on any atom is -0.469 e. The molecule has 2 fully saturated rings. The summed E-state index contributed by atoms with van der Waals surface area (Å²) in [7, 11) is 1.27. The average Bonchev–Trinajstić information content (AvgIpc) is 2.38. The topological polar surface area (TPSA) is 73.9 Å². The van der Waals surface area contributed by atoms with Crippen LogP contribution in [-0.2, 0) is 23.8 Å². The summed E-state index contributed by atoms with van der Waals surface area (Å²) in [5.74, 6) is -0.805. The Hall–Kier alpha value is -1.14. The molecule has 0 aromatic rings. The number of rotatable bonds is 3. The number of fused-ring (bicyclic) bond motifs is 1. The number of esters is 1. The Labute approximate surface area is 106 Å². The predicted octanol–water partition coefficient (Wildman–Crippen LogP) is 0.00220. The van der Waals surface area contributed by atoms with Crippen LogP contribution in [0.15, 0.2) is 0 Å². The maximum Gasteiger partial charge on any atom is 0.315 e. The van der Waals surface area contributed by atoms with Crippen LogP contribution < -0.4 is 5.32 Å². The number of hydrogen-bond acceptors (Lipinski definition) is 5. The minimum atomic E-state index is -0.515. The van der Waals surface area contributed by atoms with Crippen LogP contribution in [0.5, 0.6) is 0 Å². The Morgan fingerprint density at radius 2 is 1.94 bits per heavy atom. The number of hydrogen-bond donors (Lipinski definition) is 1. The highest BCUT2D eigenvalue weighted by Gasteiger charge is 2.34.